The molecular weight excluding hydrogens is 263 g/mol. The summed E-state index contributed by atoms with van der Waals surface area (Å²) in [6.07, 6.45) is -4.59. The maximum absolute atomic E-state index is 12.5. The second-order valence-electron chi connectivity index (χ2n) is 3.25. The lowest BCUT2D eigenvalue weighted by Gasteiger charge is -2.08. The molecule has 0 fully saturated rings. The molecule has 0 spiro atoms. The molecule has 0 amide bonds. The van der Waals surface area contributed by atoms with Crippen LogP contribution in [0.15, 0.2) is 23.3 Å². The molecule has 1 rings (SSSR count). The molecule has 0 unspecified atom stereocenters. The third-order valence-corrected chi connectivity index (χ3v) is 2.01. The van der Waals surface area contributed by atoms with Crippen LogP contribution in [0.1, 0.15) is 21.5 Å². The molecule has 0 saturated heterocycles. The van der Waals surface area contributed by atoms with Gasteiger partial charge in [-0.25, -0.2) is 4.79 Å². The number of carbonyl (C=O) groups is 1. The molecule has 0 aliphatic carbocycles. The van der Waals surface area contributed by atoms with Crippen molar-refractivity contribution in [2.45, 2.75) is 6.18 Å². The van der Waals surface area contributed by atoms with Crippen LogP contribution in [0.5, 0.6) is 0 Å². The Morgan fingerprint density at radius 2 is 2.16 bits per heavy atom. The van der Waals surface area contributed by atoms with Crippen LogP contribution in [0.25, 0.3) is 10.4 Å². The van der Waals surface area contributed by atoms with Crippen LogP contribution >= 0.6 is 0 Å². The first kappa shape index (κ1) is 14.4. The number of rotatable bonds is 2. The Morgan fingerprint density at radius 1 is 1.47 bits per heavy atom. The molecule has 0 saturated carbocycles. The number of carboxylic acid groups (broad SMARTS) is 1. The predicted molar refractivity (Wildman–Crippen MR) is 59.3 cm³/mol. The van der Waals surface area contributed by atoms with E-state index in [2.05, 4.69) is 21.9 Å². The van der Waals surface area contributed by atoms with Gasteiger partial charge in [0, 0.05) is 10.5 Å². The fourth-order valence-corrected chi connectivity index (χ4v) is 1.21. The lowest BCUT2D eigenvalue weighted by atomic mass is 10.0. The standard InChI is InChI=1S/C11H6F3N3O2/c12-11(13,14)8-3-4-9(10(18)19)7(6-8)2-1-5-16-17-15/h3-4,6H,5H2,(H,18,19). The fraction of sp³-hybridized carbons (Fsp3) is 0.182. The highest BCUT2D eigenvalue weighted by Crippen LogP contribution is 2.30. The summed E-state index contributed by atoms with van der Waals surface area (Å²) in [5, 5.41) is 11.9. The van der Waals surface area contributed by atoms with E-state index in [4.69, 9.17) is 10.6 Å². The number of alkyl halides is 3. The second-order valence-corrected chi connectivity index (χ2v) is 3.25. The third-order valence-electron chi connectivity index (χ3n) is 2.01. The lowest BCUT2D eigenvalue weighted by molar-refractivity contribution is -0.137. The molecule has 0 heterocycles. The van der Waals surface area contributed by atoms with Crippen molar-refractivity contribution in [3.63, 3.8) is 0 Å². The van der Waals surface area contributed by atoms with Gasteiger partial charge in [0.2, 0.25) is 0 Å². The van der Waals surface area contributed by atoms with Crippen molar-refractivity contribution in [1.29, 1.82) is 0 Å². The van der Waals surface area contributed by atoms with Crippen molar-refractivity contribution in [3.8, 4) is 11.8 Å². The monoisotopic (exact) mass is 269 g/mol. The summed E-state index contributed by atoms with van der Waals surface area (Å²) >= 11 is 0. The highest BCUT2D eigenvalue weighted by atomic mass is 19.4. The Bertz CT molecular complexity index is 608. The van der Waals surface area contributed by atoms with Crippen LogP contribution in [0, 0.1) is 11.8 Å². The zero-order chi connectivity index (χ0) is 14.5. The number of hydrogen-bond donors (Lipinski definition) is 1. The van der Waals surface area contributed by atoms with E-state index in [0.29, 0.717) is 12.1 Å². The first-order valence-corrected chi connectivity index (χ1v) is 4.80. The van der Waals surface area contributed by atoms with Crippen molar-refractivity contribution < 1.29 is 23.1 Å². The van der Waals surface area contributed by atoms with E-state index in [1.54, 1.807) is 0 Å². The molecule has 5 nitrogen and oxygen atoms in total. The molecule has 0 bridgehead atoms. The third kappa shape index (κ3) is 3.94. The molecule has 0 aromatic heterocycles. The van der Waals surface area contributed by atoms with Crippen molar-refractivity contribution in [2.24, 2.45) is 5.11 Å². The number of benzene rings is 1. The summed E-state index contributed by atoms with van der Waals surface area (Å²) < 4.78 is 37.4. The van der Waals surface area contributed by atoms with E-state index in [1.165, 1.54) is 0 Å². The first-order chi connectivity index (χ1) is 8.86. The maximum Gasteiger partial charge on any atom is 0.416 e. The van der Waals surface area contributed by atoms with Gasteiger partial charge in [-0.05, 0) is 23.7 Å². The van der Waals surface area contributed by atoms with Gasteiger partial charge >= 0.3 is 12.1 Å². The number of carboxylic acids is 1. The number of halogens is 3. The van der Waals surface area contributed by atoms with Crippen LogP contribution in [-0.4, -0.2) is 17.6 Å². The van der Waals surface area contributed by atoms with E-state index >= 15 is 0 Å². The van der Waals surface area contributed by atoms with Crippen LogP contribution in [-0.2, 0) is 6.18 Å². The van der Waals surface area contributed by atoms with Gasteiger partial charge in [-0.1, -0.05) is 17.0 Å². The Balaban J connectivity index is 3.26. The Morgan fingerprint density at radius 3 is 2.68 bits per heavy atom. The van der Waals surface area contributed by atoms with Crippen LogP contribution in [0.4, 0.5) is 13.2 Å². The van der Waals surface area contributed by atoms with Crippen molar-refractivity contribution in [1.82, 2.24) is 0 Å². The second kappa shape index (κ2) is 5.80. The van der Waals surface area contributed by atoms with Gasteiger partial charge in [0.15, 0.2) is 0 Å². The first-order valence-electron chi connectivity index (χ1n) is 4.80. The Labute approximate surface area is 105 Å². The van der Waals surface area contributed by atoms with Crippen molar-refractivity contribution in [3.05, 3.63) is 45.3 Å². The quantitative estimate of drug-likeness (QED) is 0.387. The van der Waals surface area contributed by atoms with Gasteiger partial charge in [0.05, 0.1) is 17.7 Å². The molecule has 1 N–H and O–H groups in total. The molecule has 98 valence electrons. The zero-order valence-corrected chi connectivity index (χ0v) is 9.27. The largest absolute Gasteiger partial charge is 0.478 e. The molecule has 1 aromatic rings. The van der Waals surface area contributed by atoms with E-state index in [-0.39, 0.29) is 17.7 Å². The van der Waals surface area contributed by atoms with Gasteiger partial charge in [0.25, 0.3) is 0 Å². The molecule has 0 aliphatic rings. The summed E-state index contributed by atoms with van der Waals surface area (Å²) in [5.74, 6) is 3.13. The summed E-state index contributed by atoms with van der Waals surface area (Å²) in [5.41, 5.74) is 6.38. The molecule has 0 aliphatic heterocycles. The zero-order valence-electron chi connectivity index (χ0n) is 9.27. The highest BCUT2D eigenvalue weighted by Gasteiger charge is 2.31. The molecule has 0 radical (unpaired) electrons. The number of azide groups is 1. The van der Waals surface area contributed by atoms with Gasteiger partial charge in [-0.15, -0.1) is 0 Å². The smallest absolute Gasteiger partial charge is 0.416 e. The number of aromatic carboxylic acids is 1. The fourth-order valence-electron chi connectivity index (χ4n) is 1.21. The Hall–Kier alpha value is -2.65. The summed E-state index contributed by atoms with van der Waals surface area (Å²) in [4.78, 5) is 13.2. The van der Waals surface area contributed by atoms with Crippen molar-refractivity contribution in [2.75, 3.05) is 6.54 Å². The average Bonchev–Trinajstić information content (AvgIpc) is 2.33. The Kier molecular flexibility index (Phi) is 4.40. The average molecular weight is 269 g/mol. The summed E-state index contributed by atoms with van der Waals surface area (Å²) in [6.45, 7) is -0.258. The lowest BCUT2D eigenvalue weighted by Crippen LogP contribution is -2.08. The van der Waals surface area contributed by atoms with Crippen LogP contribution in [0.2, 0.25) is 0 Å². The van der Waals surface area contributed by atoms with E-state index < -0.39 is 17.7 Å². The van der Waals surface area contributed by atoms with Crippen LogP contribution < -0.4 is 0 Å². The minimum Gasteiger partial charge on any atom is -0.478 e. The van der Waals surface area contributed by atoms with E-state index in [0.717, 1.165) is 6.07 Å². The summed E-state index contributed by atoms with van der Waals surface area (Å²) in [7, 11) is 0. The normalized spacial score (nSPS) is 10.1. The topological polar surface area (TPSA) is 86.1 Å². The van der Waals surface area contributed by atoms with Gasteiger partial charge in [0.1, 0.15) is 0 Å². The minimum atomic E-state index is -4.59. The number of hydrogen-bond acceptors (Lipinski definition) is 2. The molecule has 1 aromatic carbocycles. The SMILES string of the molecule is [N-]=[N+]=NCC#Cc1cc(C(F)(F)F)ccc1C(=O)O. The molecular formula is C11H6F3N3O2. The predicted octanol–water partition coefficient (Wildman–Crippen LogP) is 3.07. The molecule has 0 atom stereocenters. The summed E-state index contributed by atoms with van der Waals surface area (Å²) in [6, 6.07) is 2.15. The van der Waals surface area contributed by atoms with E-state index in [1.807, 2.05) is 0 Å². The van der Waals surface area contributed by atoms with Gasteiger partial charge in [-0.3, -0.25) is 0 Å². The van der Waals surface area contributed by atoms with Crippen LogP contribution in [0.3, 0.4) is 0 Å². The number of nitrogens with zero attached hydrogens (tertiary/aromatic N) is 3. The van der Waals surface area contributed by atoms with E-state index in [9.17, 15) is 18.0 Å². The molecule has 19 heavy (non-hydrogen) atoms. The van der Waals surface area contributed by atoms with Crippen molar-refractivity contribution >= 4 is 5.97 Å². The highest BCUT2D eigenvalue weighted by molar-refractivity contribution is 5.90. The van der Waals surface area contributed by atoms with Gasteiger partial charge in [-0.2, -0.15) is 13.2 Å². The maximum atomic E-state index is 12.5. The minimum absolute atomic E-state index is 0.258. The molecule has 8 heteroatoms. The van der Waals surface area contributed by atoms with Gasteiger partial charge < -0.3 is 5.11 Å².